The molecule has 5 nitrogen and oxygen atoms in total. The molecule has 9 rings (SSSR count). The van der Waals surface area contributed by atoms with E-state index < -0.39 is 0 Å². The summed E-state index contributed by atoms with van der Waals surface area (Å²) in [7, 11) is 0. The number of fused-ring (bicyclic) bond motifs is 6. The molecule has 0 atom stereocenters. The van der Waals surface area contributed by atoms with Gasteiger partial charge in [-0.2, -0.15) is 0 Å². The van der Waals surface area contributed by atoms with Crippen molar-refractivity contribution >= 4 is 32.3 Å². The SMILES string of the molecule is c1cc(-c2ccc3c4ccccc4c4ccccc4c3c2)cc(-c2ccccc2-c2nc(-c3ccncc3)nc(-c3ccncc3)n2)c1. The molecule has 0 unspecified atom stereocenters. The zero-order valence-electron chi connectivity index (χ0n) is 25.8. The second-order valence-electron chi connectivity index (χ2n) is 11.8. The van der Waals surface area contributed by atoms with Crippen molar-refractivity contribution in [3.63, 3.8) is 0 Å². The van der Waals surface area contributed by atoms with Crippen LogP contribution < -0.4 is 0 Å². The molecule has 0 aliphatic carbocycles. The summed E-state index contributed by atoms with van der Waals surface area (Å²) in [5.74, 6) is 1.79. The maximum atomic E-state index is 4.99. The fraction of sp³-hybridized carbons (Fsp3) is 0. The molecular formula is C43H27N5. The number of rotatable bonds is 5. The average Bonchev–Trinajstić information content (AvgIpc) is 3.18. The minimum Gasteiger partial charge on any atom is -0.265 e. The largest absolute Gasteiger partial charge is 0.265 e. The lowest BCUT2D eigenvalue weighted by molar-refractivity contribution is 1.07. The van der Waals surface area contributed by atoms with Crippen LogP contribution in [0, 0.1) is 0 Å². The summed E-state index contributed by atoms with van der Waals surface area (Å²) in [6.07, 6.45) is 7.01. The highest BCUT2D eigenvalue weighted by Gasteiger charge is 2.16. The van der Waals surface area contributed by atoms with Crippen molar-refractivity contribution in [2.45, 2.75) is 0 Å². The molecular weight excluding hydrogens is 587 g/mol. The Kier molecular flexibility index (Phi) is 6.72. The van der Waals surface area contributed by atoms with E-state index in [2.05, 4.69) is 119 Å². The lowest BCUT2D eigenvalue weighted by atomic mass is 9.91. The molecule has 0 bridgehead atoms. The van der Waals surface area contributed by atoms with Crippen LogP contribution in [0.15, 0.2) is 164 Å². The van der Waals surface area contributed by atoms with Gasteiger partial charge in [-0.1, -0.05) is 103 Å². The number of nitrogens with zero attached hydrogens (tertiary/aromatic N) is 5. The minimum atomic E-state index is 0.591. The smallest absolute Gasteiger partial charge is 0.164 e. The monoisotopic (exact) mass is 613 g/mol. The summed E-state index contributed by atoms with van der Waals surface area (Å²) in [6, 6.07) is 48.9. The third kappa shape index (κ3) is 4.86. The number of hydrogen-bond donors (Lipinski definition) is 0. The van der Waals surface area contributed by atoms with Crippen LogP contribution in [0.5, 0.6) is 0 Å². The van der Waals surface area contributed by atoms with Crippen molar-refractivity contribution in [2.24, 2.45) is 0 Å². The molecule has 0 radical (unpaired) electrons. The van der Waals surface area contributed by atoms with Crippen LogP contribution in [-0.2, 0) is 0 Å². The molecule has 0 spiro atoms. The molecule has 0 saturated carbocycles. The van der Waals surface area contributed by atoms with E-state index in [1.165, 1.54) is 37.9 Å². The summed E-state index contributed by atoms with van der Waals surface area (Å²) >= 11 is 0. The molecule has 224 valence electrons. The van der Waals surface area contributed by atoms with E-state index in [4.69, 9.17) is 15.0 Å². The first kappa shape index (κ1) is 27.7. The molecule has 0 N–H and O–H groups in total. The van der Waals surface area contributed by atoms with Gasteiger partial charge in [-0.05, 0) is 91.0 Å². The Bertz CT molecular complexity index is 2520. The van der Waals surface area contributed by atoms with E-state index in [1.54, 1.807) is 24.8 Å². The van der Waals surface area contributed by atoms with Gasteiger partial charge in [0.05, 0.1) is 0 Å². The molecule has 3 heterocycles. The van der Waals surface area contributed by atoms with Gasteiger partial charge < -0.3 is 0 Å². The van der Waals surface area contributed by atoms with E-state index in [1.807, 2.05) is 30.3 Å². The summed E-state index contributed by atoms with van der Waals surface area (Å²) in [5.41, 5.74) is 7.13. The van der Waals surface area contributed by atoms with Crippen molar-refractivity contribution in [3.05, 3.63) is 164 Å². The van der Waals surface area contributed by atoms with E-state index in [9.17, 15) is 0 Å². The topological polar surface area (TPSA) is 64.5 Å². The predicted octanol–water partition coefficient (Wildman–Crippen LogP) is 10.5. The highest BCUT2D eigenvalue weighted by atomic mass is 15.0. The Hall–Kier alpha value is -6.59. The van der Waals surface area contributed by atoms with Crippen molar-refractivity contribution in [2.75, 3.05) is 0 Å². The zero-order valence-corrected chi connectivity index (χ0v) is 25.8. The maximum Gasteiger partial charge on any atom is 0.164 e. The molecule has 9 aromatic rings. The van der Waals surface area contributed by atoms with E-state index in [-0.39, 0.29) is 0 Å². The van der Waals surface area contributed by atoms with Crippen LogP contribution in [0.25, 0.3) is 88.7 Å². The van der Waals surface area contributed by atoms with Gasteiger partial charge >= 0.3 is 0 Å². The zero-order chi connectivity index (χ0) is 31.9. The molecule has 0 fully saturated rings. The van der Waals surface area contributed by atoms with Gasteiger partial charge in [0.2, 0.25) is 0 Å². The van der Waals surface area contributed by atoms with Gasteiger partial charge in [-0.25, -0.2) is 15.0 Å². The molecule has 0 aliphatic heterocycles. The predicted molar refractivity (Wildman–Crippen MR) is 195 cm³/mol. The van der Waals surface area contributed by atoms with Crippen LogP contribution in [0.1, 0.15) is 0 Å². The Balaban J connectivity index is 1.19. The average molecular weight is 614 g/mol. The van der Waals surface area contributed by atoms with Crippen molar-refractivity contribution < 1.29 is 0 Å². The van der Waals surface area contributed by atoms with Gasteiger partial charge in [0, 0.05) is 41.5 Å². The Labute approximate surface area is 277 Å². The second kappa shape index (κ2) is 11.6. The standard InChI is InChI=1S/C43H27N5/c1-6-15-39(43-47-41(28-18-22-44-23-19-28)46-42(48-43)29-20-24-45-25-21-29)33(10-1)32-9-7-8-30(26-32)31-16-17-38-36-13-3-2-11-34(36)35-12-4-5-14-37(35)40(38)27-31/h1-27H. The molecule has 0 saturated heterocycles. The third-order valence-corrected chi connectivity index (χ3v) is 8.93. The van der Waals surface area contributed by atoms with Gasteiger partial charge in [-0.3, -0.25) is 9.97 Å². The Morgan fingerprint density at radius 3 is 1.33 bits per heavy atom. The molecule has 0 amide bonds. The van der Waals surface area contributed by atoms with Crippen LogP contribution >= 0.6 is 0 Å². The first-order valence-electron chi connectivity index (χ1n) is 15.9. The number of benzene rings is 6. The Morgan fingerprint density at radius 2 is 0.729 bits per heavy atom. The van der Waals surface area contributed by atoms with Gasteiger partial charge in [0.15, 0.2) is 17.5 Å². The normalized spacial score (nSPS) is 11.3. The summed E-state index contributed by atoms with van der Waals surface area (Å²) in [6.45, 7) is 0. The molecule has 6 aromatic carbocycles. The fourth-order valence-corrected chi connectivity index (χ4v) is 6.64. The van der Waals surface area contributed by atoms with Crippen LogP contribution in [0.4, 0.5) is 0 Å². The second-order valence-corrected chi connectivity index (χ2v) is 11.8. The van der Waals surface area contributed by atoms with Crippen molar-refractivity contribution in [1.29, 1.82) is 0 Å². The first-order chi connectivity index (χ1) is 23.8. The van der Waals surface area contributed by atoms with Gasteiger partial charge in [-0.15, -0.1) is 0 Å². The van der Waals surface area contributed by atoms with E-state index in [0.717, 1.165) is 33.4 Å². The highest BCUT2D eigenvalue weighted by molar-refractivity contribution is 6.25. The van der Waals surface area contributed by atoms with Crippen LogP contribution in [0.3, 0.4) is 0 Å². The fourth-order valence-electron chi connectivity index (χ4n) is 6.64. The third-order valence-electron chi connectivity index (χ3n) is 8.93. The van der Waals surface area contributed by atoms with Crippen LogP contribution in [-0.4, -0.2) is 24.9 Å². The number of aromatic nitrogens is 5. The van der Waals surface area contributed by atoms with Crippen molar-refractivity contribution in [1.82, 2.24) is 24.9 Å². The molecule has 48 heavy (non-hydrogen) atoms. The van der Waals surface area contributed by atoms with E-state index >= 15 is 0 Å². The minimum absolute atomic E-state index is 0.591. The summed E-state index contributed by atoms with van der Waals surface area (Å²) < 4.78 is 0. The number of pyridine rings is 2. The molecule has 0 aliphatic rings. The highest BCUT2D eigenvalue weighted by Crippen LogP contribution is 2.38. The van der Waals surface area contributed by atoms with Crippen molar-refractivity contribution in [3.8, 4) is 56.4 Å². The van der Waals surface area contributed by atoms with Gasteiger partial charge in [0.1, 0.15) is 0 Å². The lowest BCUT2D eigenvalue weighted by Crippen LogP contribution is -2.01. The van der Waals surface area contributed by atoms with E-state index in [0.29, 0.717) is 17.5 Å². The first-order valence-corrected chi connectivity index (χ1v) is 15.9. The maximum absolute atomic E-state index is 4.99. The molecule has 3 aromatic heterocycles. The summed E-state index contributed by atoms with van der Waals surface area (Å²) in [4.78, 5) is 23.2. The quantitative estimate of drug-likeness (QED) is 0.181. The van der Waals surface area contributed by atoms with Crippen LogP contribution in [0.2, 0.25) is 0 Å². The Morgan fingerprint density at radius 1 is 0.271 bits per heavy atom. The number of hydrogen-bond acceptors (Lipinski definition) is 5. The molecule has 5 heteroatoms. The summed E-state index contributed by atoms with van der Waals surface area (Å²) in [5, 5.41) is 7.61. The van der Waals surface area contributed by atoms with Gasteiger partial charge in [0.25, 0.3) is 0 Å². The lowest BCUT2D eigenvalue weighted by Gasteiger charge is -2.14.